The minimum absolute atomic E-state index is 0.0195. The van der Waals surface area contributed by atoms with E-state index in [-0.39, 0.29) is 36.3 Å². The predicted octanol–water partition coefficient (Wildman–Crippen LogP) is 1.93. The van der Waals surface area contributed by atoms with Crippen molar-refractivity contribution in [3.8, 4) is 0 Å². The van der Waals surface area contributed by atoms with Crippen LogP contribution in [0.15, 0.2) is 53.0 Å². The van der Waals surface area contributed by atoms with Crippen LogP contribution in [-0.2, 0) is 24.4 Å². The molecular weight excluding hydrogens is 546 g/mol. The molecule has 0 radical (unpaired) electrons. The first-order valence-electron chi connectivity index (χ1n) is 13.3. The molecule has 0 aromatic heterocycles. The average molecular weight is 579 g/mol. The molecule has 216 valence electrons. The summed E-state index contributed by atoms with van der Waals surface area (Å²) in [7, 11) is -3.93. The lowest BCUT2D eigenvalue weighted by atomic mass is 9.44. The number of hydrogen-bond donors (Lipinski definition) is 3. The first-order chi connectivity index (χ1) is 18.6. The largest absolute Gasteiger partial charge is 0.390 e. The van der Waals surface area contributed by atoms with Gasteiger partial charge >= 0.3 is 0 Å². The Bertz CT molecular complexity index is 1470. The molecule has 6 rings (SSSR count). The number of sulfonamides is 1. The normalized spacial score (nSPS) is 44.0. The van der Waals surface area contributed by atoms with Gasteiger partial charge in [0, 0.05) is 22.7 Å². The predicted molar refractivity (Wildman–Crippen MR) is 139 cm³/mol. The second-order valence-electron chi connectivity index (χ2n) is 12.3. The molecule has 1 aromatic carbocycles. The summed E-state index contributed by atoms with van der Waals surface area (Å²) in [5, 5.41) is 28.3. The molecule has 12 heteroatoms. The van der Waals surface area contributed by atoms with E-state index in [1.54, 1.807) is 6.92 Å². The number of aliphatic hydroxyl groups excluding tert-OH is 2. The van der Waals surface area contributed by atoms with Crippen LogP contribution in [0.5, 0.6) is 0 Å². The van der Waals surface area contributed by atoms with Crippen LogP contribution in [0.3, 0.4) is 0 Å². The molecule has 4 N–H and O–H groups in total. The van der Waals surface area contributed by atoms with Gasteiger partial charge in [-0.15, -0.1) is 0 Å². The number of ketones is 2. The maximum absolute atomic E-state index is 17.4. The van der Waals surface area contributed by atoms with Crippen molar-refractivity contribution >= 4 is 27.3 Å². The highest BCUT2D eigenvalue weighted by Gasteiger charge is 2.79. The van der Waals surface area contributed by atoms with Gasteiger partial charge in [0.15, 0.2) is 22.8 Å². The first kappa shape index (κ1) is 27.6. The van der Waals surface area contributed by atoms with E-state index < -0.39 is 80.3 Å². The number of primary sulfonamides is 1. The molecule has 4 fully saturated rings. The van der Waals surface area contributed by atoms with E-state index in [4.69, 9.17) is 9.98 Å². The number of hydroxylamine groups is 1. The second kappa shape index (κ2) is 8.51. The van der Waals surface area contributed by atoms with Crippen LogP contribution in [-0.4, -0.2) is 66.9 Å². The van der Waals surface area contributed by atoms with Gasteiger partial charge in [0.25, 0.3) is 0 Å². The van der Waals surface area contributed by atoms with E-state index in [1.165, 1.54) is 48.4 Å². The van der Waals surface area contributed by atoms with Gasteiger partial charge in [-0.2, -0.15) is 0 Å². The highest BCUT2D eigenvalue weighted by Crippen LogP contribution is 2.72. The summed E-state index contributed by atoms with van der Waals surface area (Å²) in [6.45, 7) is 2.58. The van der Waals surface area contributed by atoms with Crippen molar-refractivity contribution in [2.45, 2.75) is 61.6 Å². The zero-order chi connectivity index (χ0) is 29.0. The summed E-state index contributed by atoms with van der Waals surface area (Å²) < 4.78 is 56.5. The number of anilines is 1. The Morgan fingerprint density at radius 1 is 1.20 bits per heavy atom. The third-order valence-electron chi connectivity index (χ3n) is 10.6. The zero-order valence-corrected chi connectivity index (χ0v) is 22.9. The monoisotopic (exact) mass is 578 g/mol. The average Bonchev–Trinajstić information content (AvgIpc) is 3.39. The van der Waals surface area contributed by atoms with Gasteiger partial charge in [-0.1, -0.05) is 13.0 Å². The lowest BCUT2D eigenvalue weighted by Gasteiger charge is -2.63. The summed E-state index contributed by atoms with van der Waals surface area (Å²) in [6, 6.07) is 5.60. The third kappa shape index (κ3) is 3.28. The summed E-state index contributed by atoms with van der Waals surface area (Å²) in [5.74, 6) is -3.14. The molecule has 9 atom stereocenters. The Kier molecular flexibility index (Phi) is 5.88. The molecule has 4 aliphatic carbocycles. The van der Waals surface area contributed by atoms with E-state index in [1.807, 2.05) is 0 Å². The molecule has 1 aliphatic heterocycles. The third-order valence-corrected chi connectivity index (χ3v) is 11.6. The molecule has 9 nitrogen and oxygen atoms in total. The van der Waals surface area contributed by atoms with E-state index in [0.717, 1.165) is 6.08 Å². The Morgan fingerprint density at radius 3 is 2.50 bits per heavy atom. The zero-order valence-electron chi connectivity index (χ0n) is 22.1. The number of aliphatic hydroxyl groups is 2. The Morgan fingerprint density at radius 2 is 1.88 bits per heavy atom. The summed E-state index contributed by atoms with van der Waals surface area (Å²) in [4.78, 5) is 31.9. The number of benzene rings is 1. The molecular formula is C28H32F2N2O7S. The van der Waals surface area contributed by atoms with Crippen molar-refractivity contribution in [3.63, 3.8) is 0 Å². The molecule has 0 bridgehead atoms. The summed E-state index contributed by atoms with van der Waals surface area (Å²) in [5.41, 5.74) is -6.18. The fourth-order valence-corrected chi connectivity index (χ4v) is 9.34. The molecule has 40 heavy (non-hydrogen) atoms. The fourth-order valence-electron chi connectivity index (χ4n) is 8.82. The minimum Gasteiger partial charge on any atom is -0.390 e. The van der Waals surface area contributed by atoms with E-state index in [0.29, 0.717) is 5.69 Å². The number of carbonyl (C=O) groups is 2. The fraction of sp³-hybridized carbons (Fsp3) is 0.571. The van der Waals surface area contributed by atoms with E-state index >= 15 is 8.78 Å². The van der Waals surface area contributed by atoms with Gasteiger partial charge in [0.1, 0.15) is 12.8 Å². The lowest BCUT2D eigenvalue weighted by Crippen LogP contribution is -2.70. The van der Waals surface area contributed by atoms with Crippen LogP contribution in [0.4, 0.5) is 14.5 Å². The standard InChI is InChI=1S/C28H32F2N2O7S/c1-25-8-7-17(34)10-21(25)22(29)11-20-19-9-15-13-32(16-3-5-18(6-4-16)40(31,37)38)39-28(15,24(36)14-33)26(19,2)12-23(35)27(20,25)30/h3-8,10,15,19-20,22-23,33,35H,9,11-14H2,1-2H3,(H2,31,37,38)/t15-,19-,20-,22-,23-,25-,26-,27-,28-/m0/s1. The van der Waals surface area contributed by atoms with Crippen molar-refractivity contribution in [1.29, 1.82) is 0 Å². The number of nitrogens with zero attached hydrogens (tertiary/aromatic N) is 1. The quantitative estimate of drug-likeness (QED) is 0.491. The number of nitrogens with two attached hydrogens (primary N) is 1. The number of hydrogen-bond acceptors (Lipinski definition) is 8. The maximum atomic E-state index is 17.4. The molecule has 5 aliphatic rings. The van der Waals surface area contributed by atoms with Crippen LogP contribution in [0.1, 0.15) is 33.1 Å². The molecule has 1 saturated heterocycles. The molecule has 3 saturated carbocycles. The maximum Gasteiger partial charge on any atom is 0.238 e. The number of rotatable bonds is 4. The Hall–Kier alpha value is -2.51. The Labute approximate surface area is 230 Å². The van der Waals surface area contributed by atoms with Crippen molar-refractivity contribution in [3.05, 3.63) is 48.1 Å². The number of halogens is 2. The van der Waals surface area contributed by atoms with Gasteiger partial charge < -0.3 is 10.2 Å². The van der Waals surface area contributed by atoms with Crippen LogP contribution >= 0.6 is 0 Å². The summed E-state index contributed by atoms with van der Waals surface area (Å²) in [6.07, 6.45) is 0.310. The van der Waals surface area contributed by atoms with Crippen molar-refractivity contribution in [2.24, 2.45) is 33.7 Å². The first-order valence-corrected chi connectivity index (χ1v) is 14.9. The molecule has 0 spiro atoms. The number of fused-ring (bicyclic) bond motifs is 7. The van der Waals surface area contributed by atoms with E-state index in [9.17, 15) is 28.2 Å². The number of allylic oxidation sites excluding steroid dienone is 4. The number of carbonyl (C=O) groups excluding carboxylic acids is 2. The van der Waals surface area contributed by atoms with Crippen LogP contribution in [0, 0.1) is 28.6 Å². The number of Topliss-reactive ketones (excluding diaryl/α,β-unsaturated/α-hetero) is 1. The van der Waals surface area contributed by atoms with Gasteiger partial charge in [0.2, 0.25) is 10.0 Å². The van der Waals surface area contributed by atoms with Gasteiger partial charge in [-0.05, 0) is 74.1 Å². The van der Waals surface area contributed by atoms with Gasteiger partial charge in [0.05, 0.1) is 23.2 Å². The van der Waals surface area contributed by atoms with E-state index in [2.05, 4.69) is 0 Å². The molecule has 1 aromatic rings. The van der Waals surface area contributed by atoms with Crippen molar-refractivity contribution < 1.29 is 41.8 Å². The lowest BCUT2D eigenvalue weighted by molar-refractivity contribution is -0.228. The van der Waals surface area contributed by atoms with Crippen molar-refractivity contribution in [1.82, 2.24) is 0 Å². The number of alkyl halides is 2. The molecule has 1 heterocycles. The smallest absolute Gasteiger partial charge is 0.238 e. The van der Waals surface area contributed by atoms with Crippen LogP contribution < -0.4 is 10.2 Å². The highest BCUT2D eigenvalue weighted by atomic mass is 32.2. The molecule has 0 unspecified atom stereocenters. The van der Waals surface area contributed by atoms with Crippen LogP contribution in [0.25, 0.3) is 0 Å². The van der Waals surface area contributed by atoms with Crippen LogP contribution in [0.2, 0.25) is 0 Å². The summed E-state index contributed by atoms with van der Waals surface area (Å²) >= 11 is 0. The Balaban J connectivity index is 1.41. The SMILES string of the molecule is C[C@]12C=CC(=O)C=C1[C@@H](F)C[C@H]1[C@@H]3C[C@H]4CN(c5ccc(S(N)(=O)=O)cc5)O[C@@]4(C(=O)CO)[C@@]3(C)C[C@H](O)[C@@]12F. The van der Waals surface area contributed by atoms with Crippen molar-refractivity contribution in [2.75, 3.05) is 18.2 Å². The molecule has 0 amide bonds. The minimum atomic E-state index is -3.93. The topological polar surface area (TPSA) is 147 Å². The second-order valence-corrected chi connectivity index (χ2v) is 13.9. The van der Waals surface area contributed by atoms with Gasteiger partial charge in [-0.3, -0.25) is 19.5 Å². The highest BCUT2D eigenvalue weighted by molar-refractivity contribution is 7.89. The van der Waals surface area contributed by atoms with Gasteiger partial charge in [-0.25, -0.2) is 22.3 Å².